The lowest BCUT2D eigenvalue weighted by atomic mass is 9.98. The maximum absolute atomic E-state index is 13.8. The molecule has 0 radical (unpaired) electrons. The van der Waals surface area contributed by atoms with Crippen LogP contribution in [0.2, 0.25) is 5.02 Å². The summed E-state index contributed by atoms with van der Waals surface area (Å²) in [5.41, 5.74) is 5.53. The molecule has 2 rings (SSSR count). The lowest BCUT2D eigenvalue weighted by molar-refractivity contribution is 0.529. The summed E-state index contributed by atoms with van der Waals surface area (Å²) in [7, 11) is 0. The number of rotatable bonds is 4. The van der Waals surface area contributed by atoms with E-state index in [0.29, 0.717) is 17.0 Å². The fraction of sp³-hybridized carbons (Fsp3) is 0.200. The maximum Gasteiger partial charge on any atom is 0.127 e. The van der Waals surface area contributed by atoms with E-state index in [1.165, 1.54) is 11.6 Å². The minimum absolute atomic E-state index is 0.128. The number of halogens is 2. The van der Waals surface area contributed by atoms with E-state index < -0.39 is 0 Å². The fourth-order valence-electron chi connectivity index (χ4n) is 1.98. The molecule has 2 aromatic carbocycles. The molecule has 0 aliphatic rings. The van der Waals surface area contributed by atoms with Gasteiger partial charge in [-0.1, -0.05) is 47.5 Å². The summed E-state index contributed by atoms with van der Waals surface area (Å²) in [6.07, 6.45) is 0.475. The van der Waals surface area contributed by atoms with Crippen molar-refractivity contribution in [2.75, 3.05) is 0 Å². The molecular weight excluding hydrogens is 263 g/mol. The van der Waals surface area contributed by atoms with Gasteiger partial charge in [0, 0.05) is 5.02 Å². The second-order valence-electron chi connectivity index (χ2n) is 4.57. The zero-order valence-electron chi connectivity index (χ0n) is 10.7. The topological polar surface area (TPSA) is 38.0 Å². The Labute approximate surface area is 117 Å². The summed E-state index contributed by atoms with van der Waals surface area (Å²) in [6, 6.07) is 12.6. The van der Waals surface area contributed by atoms with E-state index in [1.807, 2.05) is 31.2 Å². The van der Waals surface area contributed by atoms with Gasteiger partial charge in [0.15, 0.2) is 0 Å². The summed E-state index contributed by atoms with van der Waals surface area (Å²) >= 11 is 5.74. The first kappa shape index (κ1) is 14.0. The Morgan fingerprint density at radius 3 is 2.47 bits per heavy atom. The number of hydrazine groups is 1. The second kappa shape index (κ2) is 6.15. The van der Waals surface area contributed by atoms with Gasteiger partial charge in [-0.05, 0) is 36.6 Å². The minimum Gasteiger partial charge on any atom is -0.271 e. The van der Waals surface area contributed by atoms with Gasteiger partial charge < -0.3 is 0 Å². The summed E-state index contributed by atoms with van der Waals surface area (Å²) in [5.74, 6) is 5.27. The molecule has 0 aliphatic carbocycles. The van der Waals surface area contributed by atoms with E-state index >= 15 is 0 Å². The molecule has 0 spiro atoms. The van der Waals surface area contributed by atoms with Gasteiger partial charge in [0.05, 0.1) is 6.04 Å². The second-order valence-corrected chi connectivity index (χ2v) is 5.01. The van der Waals surface area contributed by atoms with Gasteiger partial charge in [-0.2, -0.15) is 0 Å². The molecule has 19 heavy (non-hydrogen) atoms. The van der Waals surface area contributed by atoms with Crippen molar-refractivity contribution in [2.45, 2.75) is 19.4 Å². The third-order valence-electron chi connectivity index (χ3n) is 3.12. The normalized spacial score (nSPS) is 12.4. The molecule has 1 unspecified atom stereocenters. The van der Waals surface area contributed by atoms with Crippen molar-refractivity contribution in [3.05, 3.63) is 70.0 Å². The van der Waals surface area contributed by atoms with E-state index in [9.17, 15) is 4.39 Å². The zero-order valence-corrected chi connectivity index (χ0v) is 11.4. The number of benzene rings is 2. The standard InChI is InChI=1S/C15H16ClFN2/c1-10-2-4-11(5-3-10)15(19-18)8-12-6-7-13(16)9-14(12)17/h2-7,9,15,19H,8,18H2,1H3. The highest BCUT2D eigenvalue weighted by molar-refractivity contribution is 6.30. The minimum atomic E-state index is -0.306. The number of hydrogen-bond donors (Lipinski definition) is 2. The Morgan fingerprint density at radius 1 is 1.21 bits per heavy atom. The Bertz CT molecular complexity index is 555. The highest BCUT2D eigenvalue weighted by Gasteiger charge is 2.13. The molecule has 3 N–H and O–H groups in total. The molecule has 0 fully saturated rings. The molecule has 2 aromatic rings. The average molecular weight is 279 g/mol. The number of hydrogen-bond acceptors (Lipinski definition) is 2. The first-order valence-corrected chi connectivity index (χ1v) is 6.44. The molecule has 1 atom stereocenters. The van der Waals surface area contributed by atoms with Crippen LogP contribution in [0, 0.1) is 12.7 Å². The smallest absolute Gasteiger partial charge is 0.127 e. The molecule has 0 heterocycles. The van der Waals surface area contributed by atoms with Crippen LogP contribution in [0.4, 0.5) is 4.39 Å². The largest absolute Gasteiger partial charge is 0.271 e. The lowest BCUT2D eigenvalue weighted by Gasteiger charge is -2.17. The number of nitrogens with two attached hydrogens (primary N) is 1. The molecule has 0 saturated heterocycles. The summed E-state index contributed by atoms with van der Waals surface area (Å²) < 4.78 is 13.8. The van der Waals surface area contributed by atoms with Gasteiger partial charge in [-0.15, -0.1) is 0 Å². The van der Waals surface area contributed by atoms with Crippen molar-refractivity contribution in [1.29, 1.82) is 0 Å². The van der Waals surface area contributed by atoms with Crippen LogP contribution in [0.15, 0.2) is 42.5 Å². The van der Waals surface area contributed by atoms with Crippen LogP contribution >= 0.6 is 11.6 Å². The first-order valence-electron chi connectivity index (χ1n) is 6.07. The Morgan fingerprint density at radius 2 is 1.89 bits per heavy atom. The molecule has 0 saturated carbocycles. The van der Waals surface area contributed by atoms with E-state index in [4.69, 9.17) is 17.4 Å². The SMILES string of the molecule is Cc1ccc(C(Cc2ccc(Cl)cc2F)NN)cc1. The van der Waals surface area contributed by atoms with Crippen LogP contribution in [-0.2, 0) is 6.42 Å². The molecule has 0 aliphatic heterocycles. The van der Waals surface area contributed by atoms with Crippen molar-refractivity contribution >= 4 is 11.6 Å². The van der Waals surface area contributed by atoms with Crippen molar-refractivity contribution in [2.24, 2.45) is 5.84 Å². The van der Waals surface area contributed by atoms with Crippen molar-refractivity contribution in [3.63, 3.8) is 0 Å². The zero-order chi connectivity index (χ0) is 13.8. The van der Waals surface area contributed by atoms with Gasteiger partial charge in [0.25, 0.3) is 0 Å². The quantitative estimate of drug-likeness (QED) is 0.663. The monoisotopic (exact) mass is 278 g/mol. The van der Waals surface area contributed by atoms with Crippen LogP contribution in [0.1, 0.15) is 22.7 Å². The molecular formula is C15H16ClFN2. The Kier molecular flexibility index (Phi) is 4.53. The summed E-state index contributed by atoms with van der Waals surface area (Å²) in [6.45, 7) is 2.02. The first-order chi connectivity index (χ1) is 9.10. The average Bonchev–Trinajstić information content (AvgIpc) is 2.39. The number of nitrogens with one attached hydrogen (secondary N) is 1. The van der Waals surface area contributed by atoms with E-state index in [-0.39, 0.29) is 11.9 Å². The molecule has 2 nitrogen and oxygen atoms in total. The van der Waals surface area contributed by atoms with Crippen molar-refractivity contribution in [3.8, 4) is 0 Å². The third-order valence-corrected chi connectivity index (χ3v) is 3.36. The van der Waals surface area contributed by atoms with Gasteiger partial charge >= 0.3 is 0 Å². The molecule has 4 heteroatoms. The Hall–Kier alpha value is -1.42. The van der Waals surface area contributed by atoms with Gasteiger partial charge in [0.2, 0.25) is 0 Å². The fourth-order valence-corrected chi connectivity index (χ4v) is 2.14. The highest BCUT2D eigenvalue weighted by Crippen LogP contribution is 2.22. The molecule has 0 bridgehead atoms. The van der Waals surface area contributed by atoms with Crippen LogP contribution in [0.5, 0.6) is 0 Å². The van der Waals surface area contributed by atoms with Crippen LogP contribution < -0.4 is 11.3 Å². The van der Waals surface area contributed by atoms with Crippen molar-refractivity contribution < 1.29 is 4.39 Å². The van der Waals surface area contributed by atoms with Crippen LogP contribution in [0.3, 0.4) is 0 Å². The summed E-state index contributed by atoms with van der Waals surface area (Å²) in [5, 5.41) is 0.397. The van der Waals surface area contributed by atoms with Crippen molar-refractivity contribution in [1.82, 2.24) is 5.43 Å². The van der Waals surface area contributed by atoms with Gasteiger partial charge in [-0.3, -0.25) is 11.3 Å². The van der Waals surface area contributed by atoms with Crippen LogP contribution in [0.25, 0.3) is 0 Å². The van der Waals surface area contributed by atoms with Crippen LogP contribution in [-0.4, -0.2) is 0 Å². The third kappa shape index (κ3) is 3.53. The van der Waals surface area contributed by atoms with E-state index in [1.54, 1.807) is 12.1 Å². The van der Waals surface area contributed by atoms with Gasteiger partial charge in [-0.25, -0.2) is 4.39 Å². The number of aryl methyl sites for hydroxylation is 1. The molecule has 0 aromatic heterocycles. The van der Waals surface area contributed by atoms with Gasteiger partial charge in [0.1, 0.15) is 5.82 Å². The maximum atomic E-state index is 13.8. The lowest BCUT2D eigenvalue weighted by Crippen LogP contribution is -2.29. The summed E-state index contributed by atoms with van der Waals surface area (Å²) in [4.78, 5) is 0. The predicted molar refractivity (Wildman–Crippen MR) is 76.4 cm³/mol. The molecule has 100 valence electrons. The van der Waals surface area contributed by atoms with E-state index in [2.05, 4.69) is 5.43 Å². The van der Waals surface area contributed by atoms with E-state index in [0.717, 1.165) is 5.56 Å². The predicted octanol–water partition coefficient (Wildman–Crippen LogP) is 3.53. The molecule has 0 amide bonds. The Balaban J connectivity index is 2.21. The highest BCUT2D eigenvalue weighted by atomic mass is 35.5.